The van der Waals surface area contributed by atoms with Crippen molar-refractivity contribution in [1.82, 2.24) is 5.32 Å². The van der Waals surface area contributed by atoms with Gasteiger partial charge in [-0.15, -0.1) is 0 Å². The lowest BCUT2D eigenvalue weighted by Gasteiger charge is -2.14. The Morgan fingerprint density at radius 3 is 2.68 bits per heavy atom. The zero-order valence-corrected chi connectivity index (χ0v) is 15.2. The monoisotopic (exact) mass is 354 g/mol. The van der Waals surface area contributed by atoms with Crippen molar-refractivity contribution >= 4 is 35.0 Å². The summed E-state index contributed by atoms with van der Waals surface area (Å²) in [6, 6.07) is 17.1. The number of anilines is 1. The van der Waals surface area contributed by atoms with Crippen LogP contribution in [0.5, 0.6) is 5.75 Å². The van der Waals surface area contributed by atoms with Gasteiger partial charge in [0.15, 0.2) is 5.11 Å². The highest BCUT2D eigenvalue weighted by Gasteiger charge is 2.05. The molecule has 5 heteroatoms. The van der Waals surface area contributed by atoms with Gasteiger partial charge in [-0.3, -0.25) is 10.1 Å². The Bertz CT molecular complexity index is 744. The molecule has 0 aliphatic heterocycles. The fraction of sp³-hybridized carbons (Fsp3) is 0.200. The van der Waals surface area contributed by atoms with Gasteiger partial charge in [0, 0.05) is 17.8 Å². The van der Waals surface area contributed by atoms with E-state index < -0.39 is 0 Å². The Kier molecular flexibility index (Phi) is 7.16. The van der Waals surface area contributed by atoms with Gasteiger partial charge in [0.1, 0.15) is 5.75 Å². The highest BCUT2D eigenvalue weighted by molar-refractivity contribution is 7.80. The second kappa shape index (κ2) is 9.59. The summed E-state index contributed by atoms with van der Waals surface area (Å²) in [5.41, 5.74) is 1.71. The number of thiocarbonyl (C=S) groups is 1. The molecule has 1 atom stereocenters. The third-order valence-electron chi connectivity index (χ3n) is 3.47. The first-order chi connectivity index (χ1) is 12.1. The average molecular weight is 354 g/mol. The molecular weight excluding hydrogens is 332 g/mol. The maximum Gasteiger partial charge on any atom is 0.250 e. The first-order valence-corrected chi connectivity index (χ1v) is 8.59. The Morgan fingerprint density at radius 2 is 1.96 bits per heavy atom. The minimum atomic E-state index is -0.284. The van der Waals surface area contributed by atoms with Crippen molar-refractivity contribution in [3.05, 3.63) is 66.2 Å². The summed E-state index contributed by atoms with van der Waals surface area (Å²) >= 11 is 5.18. The minimum Gasteiger partial charge on any atom is -0.491 e. The van der Waals surface area contributed by atoms with E-state index in [1.54, 1.807) is 6.08 Å². The topological polar surface area (TPSA) is 50.4 Å². The molecular formula is C20H22N2O2S. The second-order valence-corrected chi connectivity index (χ2v) is 5.96. The van der Waals surface area contributed by atoms with E-state index in [0.29, 0.717) is 0 Å². The average Bonchev–Trinajstić information content (AvgIpc) is 2.61. The number of carbonyl (C=O) groups excluding carboxylic acids is 1. The smallest absolute Gasteiger partial charge is 0.250 e. The zero-order valence-electron chi connectivity index (χ0n) is 14.4. The molecule has 2 aromatic rings. The van der Waals surface area contributed by atoms with Crippen LogP contribution in [0.3, 0.4) is 0 Å². The van der Waals surface area contributed by atoms with Crippen molar-refractivity contribution in [2.24, 2.45) is 0 Å². The lowest BCUT2D eigenvalue weighted by atomic mass is 10.2. The van der Waals surface area contributed by atoms with Crippen molar-refractivity contribution in [3.8, 4) is 5.75 Å². The Labute approximate surface area is 153 Å². The third-order valence-corrected chi connectivity index (χ3v) is 3.67. The molecule has 25 heavy (non-hydrogen) atoms. The number of nitrogens with one attached hydrogen (secondary N) is 2. The molecule has 0 fully saturated rings. The number of benzene rings is 2. The van der Waals surface area contributed by atoms with Crippen LogP contribution in [0.4, 0.5) is 5.69 Å². The number of amides is 1. The van der Waals surface area contributed by atoms with Gasteiger partial charge in [0.25, 0.3) is 0 Å². The quantitative estimate of drug-likeness (QED) is 0.597. The van der Waals surface area contributed by atoms with Gasteiger partial charge >= 0.3 is 0 Å². The van der Waals surface area contributed by atoms with Crippen LogP contribution in [0.2, 0.25) is 0 Å². The summed E-state index contributed by atoms with van der Waals surface area (Å²) in [5, 5.41) is 5.85. The largest absolute Gasteiger partial charge is 0.491 e. The summed E-state index contributed by atoms with van der Waals surface area (Å²) in [5.74, 6) is 0.478. The van der Waals surface area contributed by atoms with E-state index in [1.807, 2.05) is 61.5 Å². The Morgan fingerprint density at radius 1 is 1.20 bits per heavy atom. The van der Waals surface area contributed by atoms with Crippen LogP contribution in [0.25, 0.3) is 6.08 Å². The van der Waals surface area contributed by atoms with Crippen LogP contribution >= 0.6 is 12.2 Å². The number of carbonyl (C=O) groups is 1. The molecule has 0 aliphatic rings. The fourth-order valence-corrected chi connectivity index (χ4v) is 2.23. The Hall–Kier alpha value is -2.66. The predicted octanol–water partition coefficient (Wildman–Crippen LogP) is 4.39. The van der Waals surface area contributed by atoms with E-state index in [4.69, 9.17) is 17.0 Å². The van der Waals surface area contributed by atoms with E-state index in [0.717, 1.165) is 23.4 Å². The van der Waals surface area contributed by atoms with Gasteiger partial charge in [-0.05, 0) is 49.3 Å². The molecule has 0 saturated carbocycles. The number of rotatable bonds is 6. The van der Waals surface area contributed by atoms with Gasteiger partial charge in [0.2, 0.25) is 5.91 Å². The van der Waals surface area contributed by atoms with Crippen molar-refractivity contribution < 1.29 is 9.53 Å². The van der Waals surface area contributed by atoms with Gasteiger partial charge < -0.3 is 10.1 Å². The predicted molar refractivity (Wildman–Crippen MR) is 107 cm³/mol. The summed E-state index contributed by atoms with van der Waals surface area (Å²) in [4.78, 5) is 11.9. The van der Waals surface area contributed by atoms with E-state index in [-0.39, 0.29) is 17.1 Å². The van der Waals surface area contributed by atoms with E-state index in [1.165, 1.54) is 6.08 Å². The maximum absolute atomic E-state index is 11.9. The standard InChI is InChI=1S/C20H22N2O2S/c1-3-15(2)24-18-11-7-10-17(14-18)21-20(25)22-19(23)13-12-16-8-5-4-6-9-16/h4-15H,3H2,1-2H3,(H2,21,22,23,25)/b13-12+. The first kappa shape index (κ1) is 18.7. The fourth-order valence-electron chi connectivity index (χ4n) is 2.01. The van der Waals surface area contributed by atoms with E-state index in [9.17, 15) is 4.79 Å². The molecule has 1 amide bonds. The summed E-state index contributed by atoms with van der Waals surface area (Å²) in [6.07, 6.45) is 4.26. The molecule has 0 radical (unpaired) electrons. The van der Waals surface area contributed by atoms with Crippen LogP contribution in [-0.4, -0.2) is 17.1 Å². The number of hydrogen-bond acceptors (Lipinski definition) is 3. The molecule has 2 N–H and O–H groups in total. The summed E-state index contributed by atoms with van der Waals surface area (Å²) < 4.78 is 5.77. The van der Waals surface area contributed by atoms with Crippen LogP contribution in [0.1, 0.15) is 25.8 Å². The summed E-state index contributed by atoms with van der Waals surface area (Å²) in [7, 11) is 0. The molecule has 0 saturated heterocycles. The highest BCUT2D eigenvalue weighted by Crippen LogP contribution is 2.19. The van der Waals surface area contributed by atoms with E-state index >= 15 is 0 Å². The second-order valence-electron chi connectivity index (χ2n) is 5.55. The van der Waals surface area contributed by atoms with Gasteiger partial charge in [-0.25, -0.2) is 0 Å². The molecule has 0 heterocycles. The molecule has 2 aromatic carbocycles. The van der Waals surface area contributed by atoms with Crippen LogP contribution < -0.4 is 15.4 Å². The van der Waals surface area contributed by atoms with Crippen molar-refractivity contribution in [3.63, 3.8) is 0 Å². The molecule has 0 aliphatic carbocycles. The molecule has 4 nitrogen and oxygen atoms in total. The zero-order chi connectivity index (χ0) is 18.1. The Balaban J connectivity index is 1.88. The van der Waals surface area contributed by atoms with Crippen molar-refractivity contribution in [2.75, 3.05) is 5.32 Å². The van der Waals surface area contributed by atoms with Crippen LogP contribution in [-0.2, 0) is 4.79 Å². The van der Waals surface area contributed by atoms with Gasteiger partial charge in [-0.1, -0.05) is 43.3 Å². The number of hydrogen-bond donors (Lipinski definition) is 2. The van der Waals surface area contributed by atoms with Crippen LogP contribution in [0, 0.1) is 0 Å². The van der Waals surface area contributed by atoms with E-state index in [2.05, 4.69) is 17.6 Å². The molecule has 2 rings (SSSR count). The van der Waals surface area contributed by atoms with Crippen LogP contribution in [0.15, 0.2) is 60.7 Å². The first-order valence-electron chi connectivity index (χ1n) is 8.18. The molecule has 0 aromatic heterocycles. The van der Waals surface area contributed by atoms with Crippen molar-refractivity contribution in [1.29, 1.82) is 0 Å². The summed E-state index contributed by atoms with van der Waals surface area (Å²) in [6.45, 7) is 4.09. The third kappa shape index (κ3) is 6.77. The molecule has 0 spiro atoms. The molecule has 1 unspecified atom stereocenters. The minimum absolute atomic E-state index is 0.144. The number of ether oxygens (including phenoxy) is 1. The van der Waals surface area contributed by atoms with Crippen molar-refractivity contribution in [2.45, 2.75) is 26.4 Å². The normalized spacial score (nSPS) is 11.8. The van der Waals surface area contributed by atoms with Gasteiger partial charge in [-0.2, -0.15) is 0 Å². The lowest BCUT2D eigenvalue weighted by Crippen LogP contribution is -2.32. The molecule has 130 valence electrons. The SMILES string of the molecule is CCC(C)Oc1cccc(NC(=S)NC(=O)/C=C/c2ccccc2)c1. The molecule has 0 bridgehead atoms. The lowest BCUT2D eigenvalue weighted by molar-refractivity contribution is -0.115. The maximum atomic E-state index is 11.9. The highest BCUT2D eigenvalue weighted by atomic mass is 32.1. The van der Waals surface area contributed by atoms with Gasteiger partial charge in [0.05, 0.1) is 6.10 Å².